The molecule has 0 unspecified atom stereocenters. The maximum atomic E-state index is 5.25. The molecule has 0 radical (unpaired) electrons. The molecular formula is C17H19N3OS. The van der Waals surface area contributed by atoms with E-state index in [0.29, 0.717) is 11.7 Å². The normalized spacial score (nSPS) is 10.5. The van der Waals surface area contributed by atoms with Gasteiger partial charge in [-0.25, -0.2) is 0 Å². The molecular weight excluding hydrogens is 294 g/mol. The highest BCUT2D eigenvalue weighted by molar-refractivity contribution is 7.80. The van der Waals surface area contributed by atoms with Gasteiger partial charge in [0.15, 0.2) is 5.11 Å². The van der Waals surface area contributed by atoms with E-state index in [0.717, 1.165) is 11.3 Å². The van der Waals surface area contributed by atoms with Crippen molar-refractivity contribution in [1.29, 1.82) is 0 Å². The van der Waals surface area contributed by atoms with Gasteiger partial charge < -0.3 is 10.1 Å². The van der Waals surface area contributed by atoms with Crippen molar-refractivity contribution in [3.63, 3.8) is 0 Å². The van der Waals surface area contributed by atoms with Crippen molar-refractivity contribution in [2.75, 3.05) is 7.11 Å². The molecule has 2 N–H and O–H groups in total. The Bertz CT molecular complexity index is 670. The van der Waals surface area contributed by atoms with Crippen molar-refractivity contribution >= 4 is 23.5 Å². The lowest BCUT2D eigenvalue weighted by atomic mass is 10.1. The van der Waals surface area contributed by atoms with Crippen LogP contribution >= 0.6 is 12.2 Å². The molecule has 0 saturated heterocycles. The molecule has 2 aromatic rings. The highest BCUT2D eigenvalue weighted by Crippen LogP contribution is 2.14. The lowest BCUT2D eigenvalue weighted by molar-refractivity contribution is 0.414. The lowest BCUT2D eigenvalue weighted by Gasteiger charge is -2.08. The number of hydrogen-bond acceptors (Lipinski definition) is 3. The molecule has 5 heteroatoms. The summed E-state index contributed by atoms with van der Waals surface area (Å²) >= 11 is 5.20. The van der Waals surface area contributed by atoms with Crippen LogP contribution in [0.5, 0.6) is 5.75 Å². The number of hydrazone groups is 1. The predicted molar refractivity (Wildman–Crippen MR) is 94.3 cm³/mol. The Kier molecular flexibility index (Phi) is 5.91. The van der Waals surface area contributed by atoms with Gasteiger partial charge in [-0.3, -0.25) is 5.43 Å². The van der Waals surface area contributed by atoms with Crippen molar-refractivity contribution in [3.8, 4) is 5.75 Å². The van der Waals surface area contributed by atoms with Gasteiger partial charge in [0.1, 0.15) is 5.75 Å². The van der Waals surface area contributed by atoms with Crippen molar-refractivity contribution in [2.45, 2.75) is 13.5 Å². The third-order valence-electron chi connectivity index (χ3n) is 3.04. The maximum absolute atomic E-state index is 5.25. The Labute approximate surface area is 136 Å². The number of aryl methyl sites for hydroxylation is 1. The fraction of sp³-hybridized carbons (Fsp3) is 0.176. The van der Waals surface area contributed by atoms with Gasteiger partial charge in [-0.15, -0.1) is 0 Å². The minimum atomic E-state index is 0.479. The molecule has 4 nitrogen and oxygen atoms in total. The minimum Gasteiger partial charge on any atom is -0.496 e. The summed E-state index contributed by atoms with van der Waals surface area (Å²) < 4.78 is 5.25. The molecule has 0 saturated carbocycles. The SMILES string of the molecule is COc1ccccc1C=NNC(=S)NCc1cccc(C)c1. The van der Waals surface area contributed by atoms with Gasteiger partial charge in [0, 0.05) is 12.1 Å². The number of hydrogen-bond donors (Lipinski definition) is 2. The topological polar surface area (TPSA) is 45.6 Å². The third kappa shape index (κ3) is 4.86. The van der Waals surface area contributed by atoms with E-state index < -0.39 is 0 Å². The number of methoxy groups -OCH3 is 1. The number of thiocarbonyl (C=S) groups is 1. The van der Waals surface area contributed by atoms with Crippen molar-refractivity contribution in [2.24, 2.45) is 5.10 Å². The van der Waals surface area contributed by atoms with E-state index in [1.807, 2.05) is 30.3 Å². The number of nitrogens with zero attached hydrogens (tertiary/aromatic N) is 1. The largest absolute Gasteiger partial charge is 0.496 e. The molecule has 114 valence electrons. The lowest BCUT2D eigenvalue weighted by Crippen LogP contribution is -2.31. The summed E-state index contributed by atoms with van der Waals surface area (Å²) in [5.74, 6) is 0.770. The molecule has 0 aromatic heterocycles. The Morgan fingerprint density at radius 2 is 2.05 bits per heavy atom. The quantitative estimate of drug-likeness (QED) is 0.506. The smallest absolute Gasteiger partial charge is 0.187 e. The molecule has 0 aliphatic rings. The second-order valence-electron chi connectivity index (χ2n) is 4.78. The summed E-state index contributed by atoms with van der Waals surface area (Å²) in [5, 5.41) is 7.72. The van der Waals surface area contributed by atoms with E-state index in [9.17, 15) is 0 Å². The highest BCUT2D eigenvalue weighted by atomic mass is 32.1. The zero-order chi connectivity index (χ0) is 15.8. The van der Waals surface area contributed by atoms with Crippen LogP contribution in [0.1, 0.15) is 16.7 Å². The number of rotatable bonds is 5. The third-order valence-corrected chi connectivity index (χ3v) is 3.28. The Balaban J connectivity index is 1.83. The number of ether oxygens (including phenoxy) is 1. The molecule has 0 amide bonds. The minimum absolute atomic E-state index is 0.479. The van der Waals surface area contributed by atoms with Gasteiger partial charge in [-0.05, 0) is 36.8 Å². The Morgan fingerprint density at radius 3 is 2.82 bits per heavy atom. The van der Waals surface area contributed by atoms with Crippen LogP contribution < -0.4 is 15.5 Å². The van der Waals surface area contributed by atoms with Crippen molar-refractivity contribution in [1.82, 2.24) is 10.7 Å². The van der Waals surface area contributed by atoms with E-state index in [-0.39, 0.29) is 0 Å². The van der Waals surface area contributed by atoms with E-state index in [4.69, 9.17) is 17.0 Å². The van der Waals surface area contributed by atoms with Crippen LogP contribution in [0.4, 0.5) is 0 Å². The summed E-state index contributed by atoms with van der Waals surface area (Å²) in [4.78, 5) is 0. The molecule has 2 aromatic carbocycles. The Hall–Kier alpha value is -2.40. The Morgan fingerprint density at radius 1 is 1.23 bits per heavy atom. The van der Waals surface area contributed by atoms with E-state index >= 15 is 0 Å². The molecule has 0 spiro atoms. The van der Waals surface area contributed by atoms with E-state index in [1.165, 1.54) is 11.1 Å². The van der Waals surface area contributed by atoms with Gasteiger partial charge in [0.25, 0.3) is 0 Å². The second kappa shape index (κ2) is 8.14. The molecule has 0 heterocycles. The zero-order valence-electron chi connectivity index (χ0n) is 12.7. The standard InChI is InChI=1S/C17H19N3OS/c1-13-6-5-7-14(10-13)11-18-17(22)20-19-12-15-8-3-4-9-16(15)21-2/h3-10,12H,11H2,1-2H3,(H2,18,20,22). The van der Waals surface area contributed by atoms with Gasteiger partial charge in [0.05, 0.1) is 13.3 Å². The molecule has 0 atom stereocenters. The van der Waals surface area contributed by atoms with Crippen LogP contribution in [0.15, 0.2) is 53.6 Å². The van der Waals surface area contributed by atoms with E-state index in [2.05, 4.69) is 41.0 Å². The predicted octanol–water partition coefficient (Wildman–Crippen LogP) is 3.00. The van der Waals surface area contributed by atoms with Gasteiger partial charge >= 0.3 is 0 Å². The second-order valence-corrected chi connectivity index (χ2v) is 5.19. The summed E-state index contributed by atoms with van der Waals surface area (Å²) in [6.45, 7) is 2.73. The monoisotopic (exact) mass is 313 g/mol. The molecule has 0 aliphatic heterocycles. The first-order valence-corrected chi connectivity index (χ1v) is 7.35. The number of nitrogens with one attached hydrogen (secondary N) is 2. The first kappa shape index (κ1) is 16.0. The number of benzene rings is 2. The van der Waals surface area contributed by atoms with Crippen LogP contribution in [0.2, 0.25) is 0 Å². The van der Waals surface area contributed by atoms with Crippen LogP contribution in [-0.2, 0) is 6.54 Å². The van der Waals surface area contributed by atoms with Crippen LogP contribution in [0.25, 0.3) is 0 Å². The van der Waals surface area contributed by atoms with Crippen molar-refractivity contribution < 1.29 is 4.74 Å². The summed E-state index contributed by atoms with van der Waals surface area (Å²) in [6, 6.07) is 15.9. The highest BCUT2D eigenvalue weighted by Gasteiger charge is 1.98. The van der Waals surface area contributed by atoms with Gasteiger partial charge in [0.2, 0.25) is 0 Å². The van der Waals surface area contributed by atoms with Crippen LogP contribution in [0, 0.1) is 6.92 Å². The first-order chi connectivity index (χ1) is 10.7. The molecule has 2 rings (SSSR count). The van der Waals surface area contributed by atoms with Crippen LogP contribution in [-0.4, -0.2) is 18.4 Å². The first-order valence-electron chi connectivity index (χ1n) is 6.94. The van der Waals surface area contributed by atoms with Gasteiger partial charge in [-0.2, -0.15) is 5.10 Å². The molecule has 0 bridgehead atoms. The summed E-state index contributed by atoms with van der Waals surface area (Å²) in [7, 11) is 1.63. The molecule has 0 fully saturated rings. The number of para-hydroxylation sites is 1. The van der Waals surface area contributed by atoms with Gasteiger partial charge in [-0.1, -0.05) is 42.0 Å². The summed E-state index contributed by atoms with van der Waals surface area (Å²) in [6.07, 6.45) is 1.68. The van der Waals surface area contributed by atoms with Crippen LogP contribution in [0.3, 0.4) is 0 Å². The fourth-order valence-electron chi connectivity index (χ4n) is 1.98. The van der Waals surface area contributed by atoms with Crippen molar-refractivity contribution in [3.05, 3.63) is 65.2 Å². The zero-order valence-corrected chi connectivity index (χ0v) is 13.5. The fourth-order valence-corrected chi connectivity index (χ4v) is 2.10. The average molecular weight is 313 g/mol. The van der Waals surface area contributed by atoms with E-state index in [1.54, 1.807) is 13.3 Å². The molecule has 22 heavy (non-hydrogen) atoms. The molecule has 0 aliphatic carbocycles. The summed E-state index contributed by atoms with van der Waals surface area (Å²) in [5.41, 5.74) is 6.10. The maximum Gasteiger partial charge on any atom is 0.187 e. The average Bonchev–Trinajstić information content (AvgIpc) is 2.53.